The average Bonchev–Trinajstić information content (AvgIpc) is 2.51. The first kappa shape index (κ1) is 20.5. The van der Waals surface area contributed by atoms with Crippen LogP contribution in [0.15, 0.2) is 0 Å². The Bertz CT molecular complexity index is 239. The third kappa shape index (κ3) is 10.8. The normalized spacial score (nSPS) is 12.4. The van der Waals surface area contributed by atoms with Gasteiger partial charge in [0.1, 0.15) is 0 Å². The third-order valence-corrected chi connectivity index (χ3v) is 4.83. The summed E-state index contributed by atoms with van der Waals surface area (Å²) in [5.41, 5.74) is 0.682. The minimum atomic E-state index is 0.682. The van der Waals surface area contributed by atoms with Gasteiger partial charge in [0.15, 0.2) is 0 Å². The summed E-state index contributed by atoms with van der Waals surface area (Å²) >= 11 is 0. The van der Waals surface area contributed by atoms with Crippen LogP contribution in [0.2, 0.25) is 0 Å². The van der Waals surface area contributed by atoms with Crippen LogP contribution in [0.5, 0.6) is 0 Å². The van der Waals surface area contributed by atoms with Gasteiger partial charge in [-0.2, -0.15) is 0 Å². The van der Waals surface area contributed by atoms with E-state index in [1.807, 2.05) is 7.05 Å². The Balaban J connectivity index is 3.44. The summed E-state index contributed by atoms with van der Waals surface area (Å²) in [5, 5.41) is 6.07. The molecule has 0 amide bonds. The first-order valence-corrected chi connectivity index (χ1v) is 9.23. The fourth-order valence-electron chi connectivity index (χ4n) is 3.28. The summed E-state index contributed by atoms with van der Waals surface area (Å²) in [6, 6.07) is 0. The van der Waals surface area contributed by atoms with E-state index in [1.54, 1.807) is 0 Å². The van der Waals surface area contributed by atoms with Gasteiger partial charge in [-0.3, -0.25) is 0 Å². The number of hydrogen-bond acceptors (Lipinski definition) is 2. The summed E-state index contributed by atoms with van der Waals surface area (Å²) in [7, 11) is 7.48. The van der Waals surface area contributed by atoms with E-state index in [2.05, 4.69) is 31.4 Å². The Morgan fingerprint density at radius 3 is 1.86 bits per heavy atom. The van der Waals surface area contributed by atoms with E-state index in [0.717, 1.165) is 18.4 Å². The Morgan fingerprint density at radius 1 is 0.810 bits per heavy atom. The van der Waals surface area contributed by atoms with Crippen molar-refractivity contribution in [2.45, 2.75) is 85.0 Å². The van der Waals surface area contributed by atoms with E-state index in [9.17, 15) is 0 Å². The monoisotopic (exact) mass is 293 g/mol. The average molecular weight is 293 g/mol. The predicted molar refractivity (Wildman–Crippen MR) is 98.0 cm³/mol. The number of rotatable bonds is 15. The van der Waals surface area contributed by atoms with Gasteiger partial charge in [-0.25, -0.2) is 0 Å². The van der Waals surface area contributed by atoms with Crippen molar-refractivity contribution in [3.05, 3.63) is 0 Å². The molecular weight excluding hydrogens is 255 g/mol. The van der Waals surface area contributed by atoms with Gasteiger partial charge in [-0.15, -0.1) is 0 Å². The molecule has 0 aliphatic carbocycles. The zero-order valence-corrected chi connectivity index (χ0v) is 15.0. The molecule has 0 aromatic rings. The molecule has 0 aromatic heterocycles. The molecule has 0 aliphatic rings. The van der Waals surface area contributed by atoms with E-state index in [-0.39, 0.29) is 0 Å². The van der Waals surface area contributed by atoms with Crippen LogP contribution in [0.3, 0.4) is 0 Å². The molecule has 2 nitrogen and oxygen atoms in total. The summed E-state index contributed by atoms with van der Waals surface area (Å²) in [5.74, 6) is 1.92. The second-order valence-electron chi connectivity index (χ2n) is 6.25. The fraction of sp³-hybridized carbons (Fsp3) is 0.944. The Kier molecular flexibility index (Phi) is 14.2. The van der Waals surface area contributed by atoms with Crippen molar-refractivity contribution in [2.24, 2.45) is 11.8 Å². The predicted octanol–water partition coefficient (Wildman–Crippen LogP) is 4.24. The first-order chi connectivity index (χ1) is 10.2. The molecule has 1 unspecified atom stereocenters. The second kappa shape index (κ2) is 14.5. The van der Waals surface area contributed by atoms with Gasteiger partial charge < -0.3 is 0 Å². The maximum absolute atomic E-state index is 5.64. The molecule has 123 valence electrons. The molecule has 2 N–H and O–H groups in total. The van der Waals surface area contributed by atoms with Crippen LogP contribution in [0.4, 0.5) is 0 Å². The molecule has 21 heavy (non-hydrogen) atoms. The Hall–Kier alpha value is -0.465. The van der Waals surface area contributed by atoms with Crippen molar-refractivity contribution in [2.75, 3.05) is 13.6 Å². The maximum atomic E-state index is 5.64. The Morgan fingerprint density at radius 2 is 1.33 bits per heavy atom. The van der Waals surface area contributed by atoms with Gasteiger partial charge in [0.25, 0.3) is 0 Å². The van der Waals surface area contributed by atoms with Crippen molar-refractivity contribution in [1.29, 1.82) is 0 Å². The summed E-state index contributed by atoms with van der Waals surface area (Å²) in [4.78, 5) is 0. The topological polar surface area (TPSA) is 24.1 Å². The van der Waals surface area contributed by atoms with Crippen molar-refractivity contribution in [1.82, 2.24) is 10.6 Å². The fourth-order valence-corrected chi connectivity index (χ4v) is 3.28. The Labute approximate surface area is 134 Å². The summed E-state index contributed by atoms with van der Waals surface area (Å²) in [6.07, 6.45) is 13.6. The van der Waals surface area contributed by atoms with Crippen molar-refractivity contribution >= 4 is 13.2 Å². The molecule has 0 saturated carbocycles. The van der Waals surface area contributed by atoms with E-state index in [4.69, 9.17) is 7.49 Å². The molecule has 1 atom stereocenters. The van der Waals surface area contributed by atoms with Gasteiger partial charge in [-0.05, 0) is 0 Å². The molecule has 0 aromatic carbocycles. The molecule has 1 radical (unpaired) electrons. The third-order valence-electron chi connectivity index (χ3n) is 4.83. The van der Waals surface area contributed by atoms with Crippen LogP contribution in [-0.4, -0.2) is 26.8 Å². The summed E-state index contributed by atoms with van der Waals surface area (Å²) in [6.45, 7) is 8.05. The SMILES string of the molecule is [B]=C(NC)NCCCCCCCCC(CC)C(CC)CC. The van der Waals surface area contributed by atoms with Gasteiger partial charge in [0, 0.05) is 0 Å². The molecular formula is C18H38BN2. The van der Waals surface area contributed by atoms with E-state index in [1.165, 1.54) is 64.2 Å². The summed E-state index contributed by atoms with van der Waals surface area (Å²) < 4.78 is 0. The van der Waals surface area contributed by atoms with E-state index in [0.29, 0.717) is 5.71 Å². The quantitative estimate of drug-likeness (QED) is 0.348. The van der Waals surface area contributed by atoms with Gasteiger partial charge in [0.2, 0.25) is 0 Å². The van der Waals surface area contributed by atoms with E-state index < -0.39 is 0 Å². The molecule has 0 bridgehead atoms. The minimum absolute atomic E-state index is 0.682. The number of unbranched alkanes of at least 4 members (excludes halogenated alkanes) is 5. The molecule has 0 spiro atoms. The van der Waals surface area contributed by atoms with Crippen LogP contribution in [0.25, 0.3) is 0 Å². The van der Waals surface area contributed by atoms with Gasteiger partial charge in [0.05, 0.1) is 0 Å². The van der Waals surface area contributed by atoms with Crippen LogP contribution >= 0.6 is 0 Å². The van der Waals surface area contributed by atoms with Crippen molar-refractivity contribution < 1.29 is 0 Å². The van der Waals surface area contributed by atoms with Gasteiger partial charge >= 0.3 is 101 Å². The molecule has 0 aliphatic heterocycles. The molecule has 0 fully saturated rings. The number of nitrogens with one attached hydrogen (secondary N) is 2. The minimum Gasteiger partial charge on any atom is -0.0651 e. The molecule has 0 saturated heterocycles. The van der Waals surface area contributed by atoms with Crippen LogP contribution in [0.1, 0.15) is 85.0 Å². The standard InChI is InChI=1S/C18H38BN2/c1-5-16(6-2)17(7-3)14-12-10-8-9-11-13-15-21-18(19)20-4/h16-17,20-21H,5-15H2,1-4H3. The van der Waals surface area contributed by atoms with Crippen LogP contribution in [-0.2, 0) is 0 Å². The molecule has 0 rings (SSSR count). The van der Waals surface area contributed by atoms with Crippen LogP contribution < -0.4 is 10.6 Å². The smallest absolute Gasteiger partial charge is 0.0651 e. The molecule has 0 heterocycles. The van der Waals surface area contributed by atoms with Crippen LogP contribution in [0, 0.1) is 11.8 Å². The number of hydrogen-bond donors (Lipinski definition) is 2. The van der Waals surface area contributed by atoms with Gasteiger partial charge in [-0.1, -0.05) is 33.6 Å². The van der Waals surface area contributed by atoms with Crippen molar-refractivity contribution in [3.8, 4) is 0 Å². The zero-order chi connectivity index (χ0) is 15.9. The second-order valence-corrected chi connectivity index (χ2v) is 6.25. The first-order valence-electron chi connectivity index (χ1n) is 9.23. The molecule has 3 heteroatoms. The van der Waals surface area contributed by atoms with Crippen molar-refractivity contribution in [3.63, 3.8) is 0 Å². The van der Waals surface area contributed by atoms with E-state index >= 15 is 0 Å². The zero-order valence-electron chi connectivity index (χ0n) is 15.0.